The predicted molar refractivity (Wildman–Crippen MR) is 104 cm³/mol. The molecule has 3 rings (SSSR count). The fourth-order valence-electron chi connectivity index (χ4n) is 3.02. The number of piperazine rings is 1. The summed E-state index contributed by atoms with van der Waals surface area (Å²) in [6.45, 7) is 12.9. The summed E-state index contributed by atoms with van der Waals surface area (Å²) in [4.78, 5) is 9.50. The summed E-state index contributed by atoms with van der Waals surface area (Å²) in [6, 6.07) is 7.67. The summed E-state index contributed by atoms with van der Waals surface area (Å²) in [5, 5.41) is 0. The van der Waals surface area contributed by atoms with Crippen LogP contribution in [0.1, 0.15) is 0 Å². The normalized spacial score (nSPS) is 16.9. The van der Waals surface area contributed by atoms with E-state index in [9.17, 15) is 0 Å². The number of hydrogen-bond acceptors (Lipinski definition) is 4. The van der Waals surface area contributed by atoms with E-state index in [2.05, 4.69) is 64.2 Å². The van der Waals surface area contributed by atoms with Crippen LogP contribution >= 0.6 is 0 Å². The topological polar surface area (TPSA) is 33.5 Å². The third-order valence-electron chi connectivity index (χ3n) is 4.70. The largest absolute Gasteiger partial charge is 0.367 e. The molecule has 1 aliphatic rings. The first-order valence-corrected chi connectivity index (χ1v) is 12.6. The van der Waals surface area contributed by atoms with Crippen molar-refractivity contribution in [2.45, 2.75) is 32.4 Å². The Morgan fingerprint density at radius 3 is 2.58 bits per heavy atom. The molecule has 6 heteroatoms. The van der Waals surface area contributed by atoms with Crippen LogP contribution in [0.2, 0.25) is 25.7 Å². The van der Waals surface area contributed by atoms with Gasteiger partial charge in [-0.2, -0.15) is 0 Å². The number of anilines is 1. The number of hydrogen-bond donors (Lipinski definition) is 0. The highest BCUT2D eigenvalue weighted by atomic mass is 28.3. The highest BCUT2D eigenvalue weighted by molar-refractivity contribution is 6.76. The Morgan fingerprint density at radius 1 is 1.12 bits per heavy atom. The molecule has 24 heavy (non-hydrogen) atoms. The molecule has 1 aromatic carbocycles. The molecular weight excluding hydrogens is 316 g/mol. The van der Waals surface area contributed by atoms with Gasteiger partial charge >= 0.3 is 0 Å². The van der Waals surface area contributed by atoms with Gasteiger partial charge in [0.05, 0.1) is 17.5 Å². The van der Waals surface area contributed by atoms with E-state index in [0.717, 1.165) is 38.3 Å². The van der Waals surface area contributed by atoms with Gasteiger partial charge in [0.25, 0.3) is 0 Å². The zero-order valence-electron chi connectivity index (χ0n) is 15.5. The lowest BCUT2D eigenvalue weighted by atomic mass is 10.2. The van der Waals surface area contributed by atoms with Gasteiger partial charge in [0.1, 0.15) is 12.2 Å². The molecule has 1 fully saturated rings. The molecule has 1 aromatic heterocycles. The van der Waals surface area contributed by atoms with Crippen LogP contribution < -0.4 is 4.90 Å². The lowest BCUT2D eigenvalue weighted by Crippen LogP contribution is -2.44. The molecule has 0 unspecified atom stereocenters. The number of likely N-dealkylation sites (N-methyl/N-ethyl adjacent to an activating group) is 1. The van der Waals surface area contributed by atoms with E-state index >= 15 is 0 Å². The second-order valence-electron chi connectivity index (χ2n) is 8.00. The number of imidazole rings is 1. The van der Waals surface area contributed by atoms with Gasteiger partial charge in [-0.15, -0.1) is 0 Å². The fourth-order valence-corrected chi connectivity index (χ4v) is 3.78. The summed E-state index contributed by atoms with van der Waals surface area (Å²) >= 11 is 0. The maximum atomic E-state index is 5.90. The van der Waals surface area contributed by atoms with Crippen molar-refractivity contribution in [1.29, 1.82) is 0 Å². The van der Waals surface area contributed by atoms with Gasteiger partial charge < -0.3 is 19.1 Å². The first kappa shape index (κ1) is 17.4. The van der Waals surface area contributed by atoms with E-state index < -0.39 is 8.07 Å². The smallest absolute Gasteiger partial charge is 0.124 e. The number of rotatable bonds is 6. The fraction of sp³-hybridized carbons (Fsp3) is 0.611. The maximum absolute atomic E-state index is 5.90. The first-order valence-electron chi connectivity index (χ1n) is 8.89. The molecule has 0 N–H and O–H groups in total. The second kappa shape index (κ2) is 7.25. The monoisotopic (exact) mass is 346 g/mol. The lowest BCUT2D eigenvalue weighted by molar-refractivity contribution is 0.0898. The standard InChI is InChI=1S/C18H30N4OSi/c1-20-8-10-21(11-9-20)16-6-5-7-17-18(16)19-14-22(17)15-23-12-13-24(2,3)4/h5-7,14H,8-13,15H2,1-4H3. The van der Waals surface area contributed by atoms with Crippen molar-refractivity contribution in [3.8, 4) is 0 Å². The van der Waals surface area contributed by atoms with Crippen LogP contribution in [0.25, 0.3) is 11.0 Å². The van der Waals surface area contributed by atoms with Gasteiger partial charge in [-0.25, -0.2) is 4.98 Å². The van der Waals surface area contributed by atoms with Crippen molar-refractivity contribution in [2.75, 3.05) is 44.7 Å². The molecule has 2 heterocycles. The van der Waals surface area contributed by atoms with Crippen LogP contribution in [0.5, 0.6) is 0 Å². The average molecular weight is 347 g/mol. The van der Waals surface area contributed by atoms with Gasteiger partial charge in [-0.3, -0.25) is 0 Å². The SMILES string of the molecule is CN1CCN(c2cccc3c2ncn3COCC[Si](C)(C)C)CC1. The van der Waals surface area contributed by atoms with Crippen LogP contribution in [0.4, 0.5) is 5.69 Å². The van der Waals surface area contributed by atoms with Crippen LogP contribution in [-0.4, -0.2) is 62.4 Å². The van der Waals surface area contributed by atoms with Crippen LogP contribution in [0.3, 0.4) is 0 Å². The van der Waals surface area contributed by atoms with Crippen molar-refractivity contribution in [3.05, 3.63) is 24.5 Å². The maximum Gasteiger partial charge on any atom is 0.124 e. The third-order valence-corrected chi connectivity index (χ3v) is 6.40. The van der Waals surface area contributed by atoms with Crippen LogP contribution in [-0.2, 0) is 11.5 Å². The van der Waals surface area contributed by atoms with Gasteiger partial charge in [0.15, 0.2) is 0 Å². The van der Waals surface area contributed by atoms with E-state index in [0.29, 0.717) is 6.73 Å². The number of benzene rings is 1. The van der Waals surface area contributed by atoms with Gasteiger partial charge in [-0.05, 0) is 25.2 Å². The van der Waals surface area contributed by atoms with Crippen molar-refractivity contribution in [3.63, 3.8) is 0 Å². The van der Waals surface area contributed by atoms with E-state index in [4.69, 9.17) is 4.74 Å². The Kier molecular flexibility index (Phi) is 5.27. The summed E-state index contributed by atoms with van der Waals surface area (Å²) in [7, 11) is 1.15. The molecular formula is C18H30N4OSi. The highest BCUT2D eigenvalue weighted by Crippen LogP contribution is 2.26. The number of nitrogens with zero attached hydrogens (tertiary/aromatic N) is 4. The molecule has 0 amide bonds. The van der Waals surface area contributed by atoms with E-state index in [1.54, 1.807) is 0 Å². The lowest BCUT2D eigenvalue weighted by Gasteiger charge is -2.34. The molecule has 0 aliphatic carbocycles. The number of para-hydroxylation sites is 1. The molecule has 1 aliphatic heterocycles. The Labute approximate surface area is 146 Å². The average Bonchev–Trinajstić information content (AvgIpc) is 2.95. The van der Waals surface area contributed by atoms with Crippen molar-refractivity contribution in [2.24, 2.45) is 0 Å². The van der Waals surface area contributed by atoms with Crippen LogP contribution in [0, 0.1) is 0 Å². The summed E-state index contributed by atoms with van der Waals surface area (Å²) in [6.07, 6.45) is 1.92. The number of fused-ring (bicyclic) bond motifs is 1. The molecule has 0 bridgehead atoms. The van der Waals surface area contributed by atoms with Gasteiger partial charge in [0.2, 0.25) is 0 Å². The van der Waals surface area contributed by atoms with Gasteiger partial charge in [-0.1, -0.05) is 25.7 Å². The number of ether oxygens (including phenoxy) is 1. The molecule has 1 saturated heterocycles. The third kappa shape index (κ3) is 4.17. The molecule has 0 atom stereocenters. The number of aromatic nitrogens is 2. The molecule has 0 spiro atoms. The van der Waals surface area contributed by atoms with Gasteiger partial charge in [0, 0.05) is 40.9 Å². The molecule has 5 nitrogen and oxygen atoms in total. The zero-order chi connectivity index (χ0) is 17.2. The second-order valence-corrected chi connectivity index (χ2v) is 13.6. The van der Waals surface area contributed by atoms with E-state index in [1.165, 1.54) is 17.2 Å². The zero-order valence-corrected chi connectivity index (χ0v) is 16.5. The van der Waals surface area contributed by atoms with E-state index in [-0.39, 0.29) is 0 Å². The summed E-state index contributed by atoms with van der Waals surface area (Å²) in [5.74, 6) is 0. The molecule has 0 saturated carbocycles. The Hall–Kier alpha value is -1.37. The first-order chi connectivity index (χ1) is 11.4. The Balaban J connectivity index is 1.70. The summed E-state index contributed by atoms with van der Waals surface area (Å²) < 4.78 is 8.02. The molecule has 0 radical (unpaired) electrons. The minimum atomic E-state index is -1.03. The summed E-state index contributed by atoms with van der Waals surface area (Å²) in [5.41, 5.74) is 3.51. The Morgan fingerprint density at radius 2 is 1.88 bits per heavy atom. The highest BCUT2D eigenvalue weighted by Gasteiger charge is 2.18. The minimum Gasteiger partial charge on any atom is -0.367 e. The Bertz CT molecular complexity index is 671. The predicted octanol–water partition coefficient (Wildman–Crippen LogP) is 3.10. The van der Waals surface area contributed by atoms with Crippen LogP contribution in [0.15, 0.2) is 24.5 Å². The quantitative estimate of drug-likeness (QED) is 0.594. The molecule has 2 aromatic rings. The van der Waals surface area contributed by atoms with Crippen molar-refractivity contribution < 1.29 is 4.74 Å². The minimum absolute atomic E-state index is 0.590. The van der Waals surface area contributed by atoms with E-state index in [1.807, 2.05) is 6.33 Å². The van der Waals surface area contributed by atoms with Crippen molar-refractivity contribution in [1.82, 2.24) is 14.5 Å². The molecule has 132 valence electrons. The van der Waals surface area contributed by atoms with Crippen molar-refractivity contribution >= 4 is 24.8 Å².